The molecule has 0 aliphatic carbocycles. The Balaban J connectivity index is 4.87. The number of nitrogens with one attached hydrogen (secondary N) is 4. The molecule has 6 N–H and O–H groups in total. The molecule has 0 aliphatic rings. The number of hydrogen-bond acceptors (Lipinski definition) is 5. The number of ketones is 2. The Labute approximate surface area is 197 Å². The molecular formula is C23H43N5O5. The van der Waals surface area contributed by atoms with Gasteiger partial charge in [0.15, 0.2) is 5.78 Å². The molecule has 10 heteroatoms. The van der Waals surface area contributed by atoms with E-state index in [-0.39, 0.29) is 23.4 Å². The first-order valence-electron chi connectivity index (χ1n) is 11.6. The van der Waals surface area contributed by atoms with E-state index in [0.29, 0.717) is 38.8 Å². The average Bonchev–Trinajstić information content (AvgIpc) is 2.69. The molecule has 33 heavy (non-hydrogen) atoms. The summed E-state index contributed by atoms with van der Waals surface area (Å²) in [5.41, 5.74) is 4.63. The zero-order valence-corrected chi connectivity index (χ0v) is 21.2. The van der Waals surface area contributed by atoms with Crippen molar-refractivity contribution in [2.45, 2.75) is 86.2 Å². The molecular weight excluding hydrogens is 426 g/mol. The van der Waals surface area contributed by atoms with Gasteiger partial charge in [0.25, 0.3) is 0 Å². The number of primary amides is 1. The molecule has 2 atom stereocenters. The Morgan fingerprint density at radius 2 is 1.42 bits per heavy atom. The summed E-state index contributed by atoms with van der Waals surface area (Å²) >= 11 is 0. The molecule has 0 aliphatic heterocycles. The third-order valence-corrected chi connectivity index (χ3v) is 5.14. The number of carbonyl (C=O) groups is 5. The molecule has 0 aromatic rings. The van der Waals surface area contributed by atoms with Crippen molar-refractivity contribution < 1.29 is 24.0 Å². The van der Waals surface area contributed by atoms with E-state index in [1.165, 1.54) is 0 Å². The van der Waals surface area contributed by atoms with E-state index in [4.69, 9.17) is 5.73 Å². The van der Waals surface area contributed by atoms with Crippen LogP contribution < -0.4 is 27.0 Å². The van der Waals surface area contributed by atoms with Crippen molar-refractivity contribution in [1.82, 2.24) is 21.3 Å². The van der Waals surface area contributed by atoms with Crippen molar-refractivity contribution in [2.75, 3.05) is 13.1 Å². The molecule has 0 rings (SSSR count). The van der Waals surface area contributed by atoms with Crippen LogP contribution in [-0.2, 0) is 14.4 Å². The summed E-state index contributed by atoms with van der Waals surface area (Å²) in [5, 5.41) is 10.5. The van der Waals surface area contributed by atoms with E-state index in [0.717, 1.165) is 0 Å². The maximum Gasteiger partial charge on any atom is 0.315 e. The molecule has 0 radical (unpaired) electrons. The summed E-state index contributed by atoms with van der Waals surface area (Å²) in [6, 6.07) is -2.73. The predicted octanol–water partition coefficient (Wildman–Crippen LogP) is 1.86. The summed E-state index contributed by atoms with van der Waals surface area (Å²) in [6.07, 6.45) is 1.66. The molecule has 0 aromatic heterocycles. The van der Waals surface area contributed by atoms with E-state index in [1.54, 1.807) is 27.7 Å². The first kappa shape index (κ1) is 30.4. The highest BCUT2D eigenvalue weighted by atomic mass is 16.2. The van der Waals surface area contributed by atoms with Crippen LogP contribution in [0.2, 0.25) is 0 Å². The Bertz CT molecular complexity index is 685. The lowest BCUT2D eigenvalue weighted by molar-refractivity contribution is -0.131. The number of rotatable bonds is 14. The minimum Gasteiger partial charge on any atom is -0.352 e. The van der Waals surface area contributed by atoms with Gasteiger partial charge in [-0.1, -0.05) is 48.5 Å². The van der Waals surface area contributed by atoms with Crippen molar-refractivity contribution in [3.63, 3.8) is 0 Å². The van der Waals surface area contributed by atoms with Gasteiger partial charge in [-0.2, -0.15) is 0 Å². The number of amides is 5. The van der Waals surface area contributed by atoms with Crippen molar-refractivity contribution in [3.05, 3.63) is 0 Å². The zero-order chi connectivity index (χ0) is 25.8. The van der Waals surface area contributed by atoms with Gasteiger partial charge >= 0.3 is 12.1 Å². The Morgan fingerprint density at radius 3 is 1.91 bits per heavy atom. The molecule has 0 bridgehead atoms. The van der Waals surface area contributed by atoms with Gasteiger partial charge in [0, 0.05) is 30.8 Å². The topological polar surface area (TPSA) is 159 Å². The third-order valence-electron chi connectivity index (χ3n) is 5.14. The first-order chi connectivity index (χ1) is 15.2. The van der Waals surface area contributed by atoms with Crippen molar-refractivity contribution in [1.29, 1.82) is 0 Å². The standard InChI is InChI=1S/C23H43N5O5/c1-14(2)18(28-22(33)26-13-9-11-17(29)23(5,6)7)20(31)27-16(19(30)15(3)4)10-8-12-25-21(24)32/h14-16,18H,8-13H2,1-7H3,(H,27,31)(H3,24,25,32)(H2,26,28,33)/t16-,18-/m0/s1. The van der Waals surface area contributed by atoms with Gasteiger partial charge in [0.05, 0.1) is 6.04 Å². The van der Waals surface area contributed by atoms with E-state index in [1.807, 2.05) is 20.8 Å². The summed E-state index contributed by atoms with van der Waals surface area (Å²) in [5.74, 6) is -0.965. The lowest BCUT2D eigenvalue weighted by Gasteiger charge is -2.26. The normalized spacial score (nSPS) is 13.2. The summed E-state index contributed by atoms with van der Waals surface area (Å²) in [7, 11) is 0. The molecule has 0 aromatic carbocycles. The highest BCUT2D eigenvalue weighted by Crippen LogP contribution is 2.17. The SMILES string of the molecule is CC(C)C(=O)[C@H](CCCNC(N)=O)NC(=O)[C@@H](NC(=O)NCCCC(=O)C(C)(C)C)C(C)C. The largest absolute Gasteiger partial charge is 0.352 e. The third kappa shape index (κ3) is 12.8. The smallest absolute Gasteiger partial charge is 0.315 e. The van der Waals surface area contributed by atoms with Crippen molar-refractivity contribution >= 4 is 29.5 Å². The fourth-order valence-electron chi connectivity index (χ4n) is 3.02. The van der Waals surface area contributed by atoms with Gasteiger partial charge in [0.2, 0.25) is 5.91 Å². The van der Waals surface area contributed by atoms with Crippen LogP contribution in [0.1, 0.15) is 74.1 Å². The maximum atomic E-state index is 12.9. The molecule has 0 heterocycles. The molecule has 0 saturated carbocycles. The average molecular weight is 470 g/mol. The van der Waals surface area contributed by atoms with E-state index in [9.17, 15) is 24.0 Å². The Morgan fingerprint density at radius 1 is 0.848 bits per heavy atom. The summed E-state index contributed by atoms with van der Waals surface area (Å²) in [4.78, 5) is 60.5. The monoisotopic (exact) mass is 469 g/mol. The molecule has 5 amide bonds. The minimum absolute atomic E-state index is 0.121. The number of urea groups is 2. The maximum absolute atomic E-state index is 12.9. The number of carbonyl (C=O) groups excluding carboxylic acids is 5. The lowest BCUT2D eigenvalue weighted by atomic mass is 9.88. The zero-order valence-electron chi connectivity index (χ0n) is 21.2. The quantitative estimate of drug-likeness (QED) is 0.245. The van der Waals surface area contributed by atoms with Crippen LogP contribution in [0, 0.1) is 17.3 Å². The van der Waals surface area contributed by atoms with Gasteiger partial charge in [-0.15, -0.1) is 0 Å². The highest BCUT2D eigenvalue weighted by molar-refractivity contribution is 5.93. The molecule has 0 spiro atoms. The van der Waals surface area contributed by atoms with Crippen LogP contribution in [-0.4, -0.2) is 54.7 Å². The van der Waals surface area contributed by atoms with Crippen LogP contribution in [0.15, 0.2) is 0 Å². The van der Waals surface area contributed by atoms with Crippen LogP contribution in [0.4, 0.5) is 9.59 Å². The summed E-state index contributed by atoms with van der Waals surface area (Å²) < 4.78 is 0. The van der Waals surface area contributed by atoms with Crippen molar-refractivity contribution in [2.24, 2.45) is 23.0 Å². The van der Waals surface area contributed by atoms with Crippen LogP contribution >= 0.6 is 0 Å². The first-order valence-corrected chi connectivity index (χ1v) is 11.6. The molecule has 10 nitrogen and oxygen atoms in total. The second-order valence-corrected chi connectivity index (χ2v) is 9.95. The number of nitrogens with two attached hydrogens (primary N) is 1. The van der Waals surface area contributed by atoms with Gasteiger partial charge in [-0.05, 0) is 25.2 Å². The summed E-state index contributed by atoms with van der Waals surface area (Å²) in [6.45, 7) is 13.2. The lowest BCUT2D eigenvalue weighted by Crippen LogP contribution is -2.56. The van der Waals surface area contributed by atoms with Crippen LogP contribution in [0.3, 0.4) is 0 Å². The number of Topliss-reactive ketones (excluding diaryl/α,β-unsaturated/α-hetero) is 2. The Kier molecular flexibility index (Phi) is 13.3. The van der Waals surface area contributed by atoms with Gasteiger partial charge in [0.1, 0.15) is 11.8 Å². The van der Waals surface area contributed by atoms with Crippen LogP contribution in [0.5, 0.6) is 0 Å². The minimum atomic E-state index is -0.840. The van der Waals surface area contributed by atoms with E-state index < -0.39 is 35.5 Å². The van der Waals surface area contributed by atoms with Gasteiger partial charge in [-0.25, -0.2) is 9.59 Å². The molecule has 0 saturated heterocycles. The van der Waals surface area contributed by atoms with Crippen molar-refractivity contribution in [3.8, 4) is 0 Å². The predicted molar refractivity (Wildman–Crippen MR) is 127 cm³/mol. The van der Waals surface area contributed by atoms with E-state index >= 15 is 0 Å². The second-order valence-electron chi connectivity index (χ2n) is 9.95. The molecule has 0 fully saturated rings. The number of hydrogen-bond donors (Lipinski definition) is 5. The highest BCUT2D eigenvalue weighted by Gasteiger charge is 2.29. The van der Waals surface area contributed by atoms with Gasteiger partial charge < -0.3 is 27.0 Å². The second kappa shape index (κ2) is 14.5. The van der Waals surface area contributed by atoms with E-state index in [2.05, 4.69) is 21.3 Å². The van der Waals surface area contributed by atoms with Crippen LogP contribution in [0.25, 0.3) is 0 Å². The molecule has 190 valence electrons. The molecule has 0 unspecified atom stereocenters. The van der Waals surface area contributed by atoms with Gasteiger partial charge in [-0.3, -0.25) is 14.4 Å². The fourth-order valence-corrected chi connectivity index (χ4v) is 3.02. The Hall–Kier alpha value is -2.65. The fraction of sp³-hybridized carbons (Fsp3) is 0.783.